The zero-order valence-corrected chi connectivity index (χ0v) is 26.5. The third-order valence-corrected chi connectivity index (χ3v) is 10.4. The molecule has 0 unspecified atom stereocenters. The Labute approximate surface area is 280 Å². The van der Waals surface area contributed by atoms with Crippen LogP contribution in [-0.4, -0.2) is 9.97 Å². The number of rotatable bonds is 4. The van der Waals surface area contributed by atoms with Gasteiger partial charge in [-0.3, -0.25) is 0 Å². The van der Waals surface area contributed by atoms with E-state index in [1.807, 2.05) is 18.2 Å². The third kappa shape index (κ3) is 4.27. The third-order valence-electron chi connectivity index (χ3n) is 9.27. The van der Waals surface area contributed by atoms with Crippen LogP contribution in [0.4, 0.5) is 0 Å². The first-order valence-corrected chi connectivity index (χ1v) is 16.9. The second-order valence-corrected chi connectivity index (χ2v) is 13.2. The lowest BCUT2D eigenvalue weighted by atomic mass is 9.88. The van der Waals surface area contributed by atoms with E-state index in [1.165, 1.54) is 10.1 Å². The molecule has 0 fully saturated rings. The first kappa shape index (κ1) is 27.1. The average molecular weight is 631 g/mol. The second kappa shape index (κ2) is 10.7. The molecule has 4 heteroatoms. The van der Waals surface area contributed by atoms with Crippen molar-refractivity contribution >= 4 is 65.2 Å². The van der Waals surface area contributed by atoms with Gasteiger partial charge in [0.1, 0.15) is 16.2 Å². The van der Waals surface area contributed by atoms with Gasteiger partial charge >= 0.3 is 0 Å². The molecule has 224 valence electrons. The van der Waals surface area contributed by atoms with Crippen LogP contribution in [0.2, 0.25) is 0 Å². The van der Waals surface area contributed by atoms with Crippen LogP contribution in [0.25, 0.3) is 97.9 Å². The molecule has 3 aromatic heterocycles. The Bertz CT molecular complexity index is 2830. The summed E-state index contributed by atoms with van der Waals surface area (Å²) in [4.78, 5) is 10.3. The normalized spacial score (nSPS) is 11.8. The number of hydrogen-bond acceptors (Lipinski definition) is 4. The number of hydrogen-bond donors (Lipinski definition) is 0. The Kier molecular flexibility index (Phi) is 6.05. The molecular formula is C44H26N2OS. The standard InChI is InChI=1S/C44H26N2OS/c1-3-12-27(13-4-1)43-34-26-38-42(33-19-8-10-21-37(33)47-38)40(41(34)32-18-7-9-20-35(32)45-43)31-17-11-16-29(24-31)30-22-23-39-36(25-30)46-44(48-39)28-14-5-2-6-15-28/h1-26H. The first-order chi connectivity index (χ1) is 23.8. The van der Waals surface area contributed by atoms with Crippen molar-refractivity contribution in [1.82, 2.24) is 9.97 Å². The van der Waals surface area contributed by atoms with Crippen molar-refractivity contribution in [2.75, 3.05) is 0 Å². The molecule has 0 aliphatic carbocycles. The van der Waals surface area contributed by atoms with E-state index >= 15 is 0 Å². The van der Waals surface area contributed by atoms with Gasteiger partial charge in [0.15, 0.2) is 0 Å². The first-order valence-electron chi connectivity index (χ1n) is 16.1. The lowest BCUT2D eigenvalue weighted by Gasteiger charge is -2.16. The van der Waals surface area contributed by atoms with Gasteiger partial charge in [0.05, 0.1) is 21.4 Å². The molecule has 3 heterocycles. The highest BCUT2D eigenvalue weighted by atomic mass is 32.1. The second-order valence-electron chi connectivity index (χ2n) is 12.1. The fourth-order valence-electron chi connectivity index (χ4n) is 7.09. The van der Waals surface area contributed by atoms with E-state index in [2.05, 4.69) is 140 Å². The van der Waals surface area contributed by atoms with Gasteiger partial charge in [-0.2, -0.15) is 0 Å². The van der Waals surface area contributed by atoms with Gasteiger partial charge in [0.25, 0.3) is 0 Å². The van der Waals surface area contributed by atoms with E-state index in [-0.39, 0.29) is 0 Å². The predicted octanol–water partition coefficient (Wildman–Crippen LogP) is 12.6. The van der Waals surface area contributed by atoms with E-state index in [9.17, 15) is 0 Å². The van der Waals surface area contributed by atoms with Crippen molar-refractivity contribution in [3.05, 3.63) is 158 Å². The molecule has 0 saturated carbocycles. The molecule has 0 aliphatic rings. The van der Waals surface area contributed by atoms with Crippen molar-refractivity contribution in [1.29, 1.82) is 0 Å². The fraction of sp³-hybridized carbons (Fsp3) is 0. The minimum atomic E-state index is 0.857. The zero-order chi connectivity index (χ0) is 31.6. The van der Waals surface area contributed by atoms with Crippen LogP contribution in [0.1, 0.15) is 0 Å². The van der Waals surface area contributed by atoms with Crippen molar-refractivity contribution in [3.8, 4) is 44.1 Å². The largest absolute Gasteiger partial charge is 0.456 e. The van der Waals surface area contributed by atoms with Crippen LogP contribution in [0.15, 0.2) is 162 Å². The monoisotopic (exact) mass is 630 g/mol. The van der Waals surface area contributed by atoms with Crippen molar-refractivity contribution in [2.45, 2.75) is 0 Å². The maximum Gasteiger partial charge on any atom is 0.136 e. The van der Waals surface area contributed by atoms with Crippen LogP contribution >= 0.6 is 11.3 Å². The summed E-state index contributed by atoms with van der Waals surface area (Å²) in [6.07, 6.45) is 0. The summed E-state index contributed by atoms with van der Waals surface area (Å²) in [7, 11) is 0. The van der Waals surface area contributed by atoms with Crippen molar-refractivity contribution in [2.24, 2.45) is 0 Å². The molecule has 0 N–H and O–H groups in total. The Morgan fingerprint density at radius 2 is 1.10 bits per heavy atom. The summed E-state index contributed by atoms with van der Waals surface area (Å²) in [5.41, 5.74) is 11.5. The van der Waals surface area contributed by atoms with E-state index < -0.39 is 0 Å². The molecule has 0 saturated heterocycles. The number of pyridine rings is 1. The molecule has 7 aromatic carbocycles. The topological polar surface area (TPSA) is 38.9 Å². The summed E-state index contributed by atoms with van der Waals surface area (Å²) >= 11 is 1.73. The summed E-state index contributed by atoms with van der Waals surface area (Å²) in [6.45, 7) is 0. The maximum atomic E-state index is 6.59. The smallest absolute Gasteiger partial charge is 0.136 e. The van der Waals surface area contributed by atoms with E-state index in [4.69, 9.17) is 14.4 Å². The molecule has 0 spiro atoms. The maximum absolute atomic E-state index is 6.59. The van der Waals surface area contributed by atoms with Gasteiger partial charge in [-0.1, -0.05) is 121 Å². The Balaban J connectivity index is 1.26. The molecule has 0 aliphatic heterocycles. The van der Waals surface area contributed by atoms with Crippen LogP contribution in [0.3, 0.4) is 0 Å². The zero-order valence-electron chi connectivity index (χ0n) is 25.7. The summed E-state index contributed by atoms with van der Waals surface area (Å²) in [6, 6.07) is 55.5. The van der Waals surface area contributed by atoms with E-state index in [0.29, 0.717) is 0 Å². The highest BCUT2D eigenvalue weighted by Gasteiger charge is 2.22. The van der Waals surface area contributed by atoms with E-state index in [0.717, 1.165) is 87.8 Å². The number of thiazole rings is 1. The highest BCUT2D eigenvalue weighted by molar-refractivity contribution is 7.21. The van der Waals surface area contributed by atoms with Crippen molar-refractivity contribution in [3.63, 3.8) is 0 Å². The molecule has 10 aromatic rings. The SMILES string of the molecule is c1ccc(-c2nc3cc(-c4cccc(-c5c6c(cc7c(-c8ccccc8)nc8ccccc8c57)oc5ccccc56)c4)ccc3s2)cc1. The molecule has 0 amide bonds. The molecule has 48 heavy (non-hydrogen) atoms. The molecule has 10 rings (SSSR count). The number of aromatic nitrogens is 2. The summed E-state index contributed by atoms with van der Waals surface area (Å²) in [5, 5.41) is 6.64. The minimum absolute atomic E-state index is 0.857. The van der Waals surface area contributed by atoms with Gasteiger partial charge in [-0.15, -0.1) is 11.3 Å². The summed E-state index contributed by atoms with van der Waals surface area (Å²) < 4.78 is 7.77. The van der Waals surface area contributed by atoms with Gasteiger partial charge in [0, 0.05) is 43.6 Å². The Morgan fingerprint density at radius 3 is 1.96 bits per heavy atom. The molecule has 0 bridgehead atoms. The number of fused-ring (bicyclic) bond motifs is 7. The number of furan rings is 1. The average Bonchev–Trinajstić information content (AvgIpc) is 3.76. The molecule has 0 atom stereocenters. The lowest BCUT2D eigenvalue weighted by molar-refractivity contribution is 0.669. The molecule has 3 nitrogen and oxygen atoms in total. The van der Waals surface area contributed by atoms with Crippen LogP contribution < -0.4 is 0 Å². The predicted molar refractivity (Wildman–Crippen MR) is 201 cm³/mol. The summed E-state index contributed by atoms with van der Waals surface area (Å²) in [5.74, 6) is 0. The fourth-order valence-corrected chi connectivity index (χ4v) is 8.04. The molecular weight excluding hydrogens is 605 g/mol. The lowest BCUT2D eigenvalue weighted by Crippen LogP contribution is -1.93. The number of para-hydroxylation sites is 2. The van der Waals surface area contributed by atoms with Gasteiger partial charge in [-0.25, -0.2) is 9.97 Å². The van der Waals surface area contributed by atoms with E-state index in [1.54, 1.807) is 11.3 Å². The van der Waals surface area contributed by atoms with Gasteiger partial charge in [-0.05, 0) is 53.1 Å². The van der Waals surface area contributed by atoms with Crippen LogP contribution in [0, 0.1) is 0 Å². The van der Waals surface area contributed by atoms with Crippen molar-refractivity contribution < 1.29 is 4.42 Å². The van der Waals surface area contributed by atoms with Gasteiger partial charge in [0.2, 0.25) is 0 Å². The van der Waals surface area contributed by atoms with Crippen LogP contribution in [-0.2, 0) is 0 Å². The quantitative estimate of drug-likeness (QED) is 0.182. The number of nitrogens with zero attached hydrogens (tertiary/aromatic N) is 2. The van der Waals surface area contributed by atoms with Crippen LogP contribution in [0.5, 0.6) is 0 Å². The molecule has 0 radical (unpaired) electrons. The Morgan fingerprint density at radius 1 is 0.417 bits per heavy atom. The van der Waals surface area contributed by atoms with Gasteiger partial charge < -0.3 is 4.42 Å². The highest BCUT2D eigenvalue weighted by Crippen LogP contribution is 2.46. The Hall–Kier alpha value is -6.10. The number of benzene rings is 7. The minimum Gasteiger partial charge on any atom is -0.456 e.